The van der Waals surface area contributed by atoms with E-state index in [-0.39, 0.29) is 5.41 Å². The Morgan fingerprint density at radius 1 is 1.10 bits per heavy atom. The van der Waals surface area contributed by atoms with E-state index in [0.29, 0.717) is 12.0 Å². The van der Waals surface area contributed by atoms with E-state index in [4.69, 9.17) is 5.73 Å². The van der Waals surface area contributed by atoms with Gasteiger partial charge in [0.15, 0.2) is 0 Å². The van der Waals surface area contributed by atoms with Crippen molar-refractivity contribution in [2.75, 3.05) is 6.54 Å². The van der Waals surface area contributed by atoms with Gasteiger partial charge in [0, 0.05) is 12.0 Å². The van der Waals surface area contributed by atoms with Gasteiger partial charge in [-0.25, -0.2) is 0 Å². The van der Waals surface area contributed by atoms with Crippen molar-refractivity contribution in [1.29, 1.82) is 0 Å². The van der Waals surface area contributed by atoms with Crippen molar-refractivity contribution in [1.82, 2.24) is 0 Å². The summed E-state index contributed by atoms with van der Waals surface area (Å²) in [4.78, 5) is 0. The first-order chi connectivity index (χ1) is 9.31. The van der Waals surface area contributed by atoms with Crippen LogP contribution in [0.5, 0.6) is 0 Å². The highest BCUT2D eigenvalue weighted by atomic mass is 16.3. The summed E-state index contributed by atoms with van der Waals surface area (Å²) in [5.41, 5.74) is 9.79. The van der Waals surface area contributed by atoms with Gasteiger partial charge >= 0.3 is 0 Å². The molecule has 0 heterocycles. The Morgan fingerprint density at radius 2 is 1.60 bits per heavy atom. The van der Waals surface area contributed by atoms with Gasteiger partial charge in [-0.15, -0.1) is 0 Å². The van der Waals surface area contributed by atoms with E-state index in [1.165, 1.54) is 11.1 Å². The zero-order valence-corrected chi connectivity index (χ0v) is 13.4. The molecule has 20 heavy (non-hydrogen) atoms. The molecule has 1 saturated carbocycles. The number of rotatable bonds is 3. The molecule has 0 amide bonds. The third kappa shape index (κ3) is 2.77. The van der Waals surface area contributed by atoms with Crippen LogP contribution in [0.2, 0.25) is 0 Å². The lowest BCUT2D eigenvalue weighted by molar-refractivity contribution is -0.0242. The Morgan fingerprint density at radius 3 is 2.05 bits per heavy atom. The molecule has 0 aliphatic heterocycles. The number of nitrogens with two attached hydrogens (primary N) is 1. The molecular formula is C18H29NO. The van der Waals surface area contributed by atoms with Gasteiger partial charge < -0.3 is 10.8 Å². The van der Waals surface area contributed by atoms with Gasteiger partial charge in [-0.3, -0.25) is 0 Å². The maximum atomic E-state index is 11.0. The minimum Gasteiger partial charge on any atom is -0.388 e. The second-order valence-corrected chi connectivity index (χ2v) is 7.44. The first kappa shape index (κ1) is 15.5. The molecule has 2 nitrogen and oxygen atoms in total. The van der Waals surface area contributed by atoms with Gasteiger partial charge in [-0.2, -0.15) is 0 Å². The Bertz CT molecular complexity index is 448. The van der Waals surface area contributed by atoms with Crippen molar-refractivity contribution in [2.45, 2.75) is 59.5 Å². The van der Waals surface area contributed by atoms with Gasteiger partial charge in [0.2, 0.25) is 0 Å². The summed E-state index contributed by atoms with van der Waals surface area (Å²) in [6, 6.07) is 6.23. The third-order valence-electron chi connectivity index (χ3n) is 5.40. The molecule has 2 heteroatoms. The summed E-state index contributed by atoms with van der Waals surface area (Å²) in [5.74, 6) is 0. The van der Waals surface area contributed by atoms with Crippen LogP contribution in [0.1, 0.15) is 62.3 Å². The Labute approximate surface area is 123 Å². The number of aliphatic hydroxyl groups excluding tert-OH is 1. The fourth-order valence-corrected chi connectivity index (χ4v) is 3.58. The van der Waals surface area contributed by atoms with Crippen molar-refractivity contribution in [3.63, 3.8) is 0 Å². The Kier molecular flexibility index (Phi) is 4.27. The van der Waals surface area contributed by atoms with Crippen LogP contribution in [-0.4, -0.2) is 11.7 Å². The van der Waals surface area contributed by atoms with Crippen LogP contribution in [0, 0.1) is 24.7 Å². The topological polar surface area (TPSA) is 46.2 Å². The number of hydrogen-bond donors (Lipinski definition) is 2. The number of hydrogen-bond acceptors (Lipinski definition) is 2. The third-order valence-corrected chi connectivity index (χ3v) is 5.40. The van der Waals surface area contributed by atoms with Crippen molar-refractivity contribution in [3.05, 3.63) is 34.9 Å². The molecule has 0 saturated heterocycles. The van der Waals surface area contributed by atoms with Crippen molar-refractivity contribution in [3.8, 4) is 0 Å². The molecule has 0 radical (unpaired) electrons. The quantitative estimate of drug-likeness (QED) is 0.879. The van der Waals surface area contributed by atoms with Crippen molar-refractivity contribution >= 4 is 0 Å². The lowest BCUT2D eigenvalue weighted by Gasteiger charge is -2.46. The first-order valence-electron chi connectivity index (χ1n) is 7.76. The zero-order chi connectivity index (χ0) is 15.0. The second kappa shape index (κ2) is 5.50. The molecule has 1 unspecified atom stereocenters. The van der Waals surface area contributed by atoms with Crippen LogP contribution in [-0.2, 0) is 0 Å². The maximum Gasteiger partial charge on any atom is 0.0863 e. The Hall–Kier alpha value is -0.860. The van der Waals surface area contributed by atoms with E-state index >= 15 is 0 Å². The van der Waals surface area contributed by atoms with Crippen LogP contribution in [0.15, 0.2) is 18.2 Å². The molecule has 1 aromatic rings. The second-order valence-electron chi connectivity index (χ2n) is 7.44. The van der Waals surface area contributed by atoms with Gasteiger partial charge in [0.1, 0.15) is 0 Å². The normalized spacial score (nSPS) is 22.5. The smallest absolute Gasteiger partial charge is 0.0863 e. The van der Waals surface area contributed by atoms with Crippen LogP contribution < -0.4 is 5.73 Å². The van der Waals surface area contributed by atoms with E-state index in [1.807, 2.05) is 0 Å². The molecule has 0 bridgehead atoms. The largest absolute Gasteiger partial charge is 0.388 e. The minimum absolute atomic E-state index is 0.146. The standard InChI is InChI=1S/C18H29NO/c1-13-6-5-7-14(2)15(13)16(20)18(12-19)10-8-17(3,4)9-11-18/h5-7,16,20H,8-12,19H2,1-4H3. The van der Waals surface area contributed by atoms with Gasteiger partial charge in [0.05, 0.1) is 6.10 Å². The lowest BCUT2D eigenvalue weighted by atomic mass is 9.61. The summed E-state index contributed by atoms with van der Waals surface area (Å²) < 4.78 is 0. The average Bonchev–Trinajstić information content (AvgIpc) is 2.39. The number of aryl methyl sites for hydroxylation is 2. The molecule has 2 rings (SSSR count). The molecule has 1 aromatic carbocycles. The maximum absolute atomic E-state index is 11.0. The first-order valence-corrected chi connectivity index (χ1v) is 7.76. The van der Waals surface area contributed by atoms with E-state index in [1.54, 1.807) is 0 Å². The number of aliphatic hydroxyl groups is 1. The summed E-state index contributed by atoms with van der Waals surface area (Å²) in [6.07, 6.45) is 3.89. The van der Waals surface area contributed by atoms with E-state index in [0.717, 1.165) is 31.2 Å². The molecule has 112 valence electrons. The SMILES string of the molecule is Cc1cccc(C)c1C(O)C1(CN)CCC(C)(C)CC1. The summed E-state index contributed by atoms with van der Waals surface area (Å²) in [6.45, 7) is 9.38. The lowest BCUT2D eigenvalue weighted by Crippen LogP contribution is -2.42. The fraction of sp³-hybridized carbons (Fsp3) is 0.667. The predicted molar refractivity (Wildman–Crippen MR) is 84.6 cm³/mol. The predicted octanol–water partition coefficient (Wildman–Crippen LogP) is 3.88. The minimum atomic E-state index is -0.440. The van der Waals surface area contributed by atoms with Crippen LogP contribution in [0.4, 0.5) is 0 Å². The van der Waals surface area contributed by atoms with Crippen LogP contribution >= 0.6 is 0 Å². The molecule has 3 N–H and O–H groups in total. The van der Waals surface area contributed by atoms with Crippen molar-refractivity contribution in [2.24, 2.45) is 16.6 Å². The van der Waals surface area contributed by atoms with Gasteiger partial charge in [0.25, 0.3) is 0 Å². The highest BCUT2D eigenvalue weighted by molar-refractivity contribution is 5.36. The van der Waals surface area contributed by atoms with Crippen molar-refractivity contribution < 1.29 is 5.11 Å². The van der Waals surface area contributed by atoms with Crippen LogP contribution in [0.3, 0.4) is 0 Å². The van der Waals surface area contributed by atoms with Gasteiger partial charge in [-0.1, -0.05) is 32.0 Å². The van der Waals surface area contributed by atoms with E-state index < -0.39 is 6.10 Å². The average molecular weight is 275 g/mol. The van der Waals surface area contributed by atoms with Crippen LogP contribution in [0.25, 0.3) is 0 Å². The molecule has 0 spiro atoms. The highest BCUT2D eigenvalue weighted by Crippen LogP contribution is 2.51. The monoisotopic (exact) mass is 275 g/mol. The fourth-order valence-electron chi connectivity index (χ4n) is 3.58. The molecule has 1 fully saturated rings. The molecule has 1 aliphatic carbocycles. The number of benzene rings is 1. The van der Waals surface area contributed by atoms with E-state index in [2.05, 4.69) is 45.9 Å². The summed E-state index contributed by atoms with van der Waals surface area (Å²) in [5, 5.41) is 11.0. The molecular weight excluding hydrogens is 246 g/mol. The molecule has 1 aliphatic rings. The summed E-state index contributed by atoms with van der Waals surface area (Å²) >= 11 is 0. The highest BCUT2D eigenvalue weighted by Gasteiger charge is 2.43. The molecule has 0 aromatic heterocycles. The van der Waals surface area contributed by atoms with E-state index in [9.17, 15) is 5.11 Å². The Balaban J connectivity index is 2.33. The summed E-state index contributed by atoms with van der Waals surface area (Å²) in [7, 11) is 0. The molecule has 1 atom stereocenters. The van der Waals surface area contributed by atoms with Gasteiger partial charge in [-0.05, 0) is 61.6 Å². The zero-order valence-electron chi connectivity index (χ0n) is 13.4.